The molecule has 8 heteroatoms. The van der Waals surface area contributed by atoms with E-state index in [2.05, 4.69) is 0 Å². The Labute approximate surface area is 163 Å². The second-order valence-electron chi connectivity index (χ2n) is 6.67. The van der Waals surface area contributed by atoms with Crippen LogP contribution >= 0.6 is 0 Å². The van der Waals surface area contributed by atoms with Crippen LogP contribution in [0.2, 0.25) is 0 Å². The van der Waals surface area contributed by atoms with Gasteiger partial charge in [0.1, 0.15) is 17.2 Å². The number of hydrogen-bond donors (Lipinski definition) is 7. The molecule has 0 bridgehead atoms. The highest BCUT2D eigenvalue weighted by Crippen LogP contribution is 2.51. The number of rotatable bonds is 2. The van der Waals surface area contributed by atoms with Crippen LogP contribution in [0.4, 0.5) is 5.69 Å². The van der Waals surface area contributed by atoms with E-state index < -0.39 is 29.6 Å². The molecule has 1 aliphatic carbocycles. The minimum absolute atomic E-state index is 0.00774. The maximum atomic E-state index is 12.6. The molecular weight excluding hydrogens is 376 g/mol. The SMILES string of the molecule is N=C1C=C(CO)C(=O)c2c1cc1c(O)c(-c3ccc(O)cc3)c(O)c(N)c1c2O. The third kappa shape index (κ3) is 2.50. The van der Waals surface area contributed by atoms with E-state index in [4.69, 9.17) is 11.1 Å². The molecule has 3 aromatic carbocycles. The number of phenols is 4. The quantitative estimate of drug-likeness (QED) is 0.199. The van der Waals surface area contributed by atoms with Gasteiger partial charge in [0.15, 0.2) is 11.5 Å². The molecule has 0 unspecified atom stereocenters. The molecule has 0 amide bonds. The summed E-state index contributed by atoms with van der Waals surface area (Å²) in [6, 6.07) is 7.01. The highest BCUT2D eigenvalue weighted by atomic mass is 16.3. The first kappa shape index (κ1) is 18.3. The van der Waals surface area contributed by atoms with Crippen molar-refractivity contribution in [1.29, 1.82) is 5.41 Å². The lowest BCUT2D eigenvalue weighted by Gasteiger charge is -2.21. The van der Waals surface area contributed by atoms with Crippen LogP contribution in [0, 0.1) is 5.41 Å². The number of aliphatic hydroxyl groups excluding tert-OH is 1. The first-order valence-electron chi connectivity index (χ1n) is 8.53. The minimum atomic E-state index is -0.668. The van der Waals surface area contributed by atoms with Gasteiger partial charge in [-0.25, -0.2) is 0 Å². The second-order valence-corrected chi connectivity index (χ2v) is 6.67. The lowest BCUT2D eigenvalue weighted by molar-refractivity contribution is 0.101. The topological polar surface area (TPSA) is 168 Å². The fourth-order valence-corrected chi connectivity index (χ4v) is 3.57. The Morgan fingerprint density at radius 3 is 2.21 bits per heavy atom. The molecular formula is C21H16N2O6. The predicted octanol–water partition coefficient (Wildman–Crippen LogP) is 2.39. The molecule has 0 aliphatic heterocycles. The summed E-state index contributed by atoms with van der Waals surface area (Å²) < 4.78 is 0. The average Bonchev–Trinajstić information content (AvgIpc) is 2.70. The van der Waals surface area contributed by atoms with E-state index in [0.29, 0.717) is 5.56 Å². The summed E-state index contributed by atoms with van der Waals surface area (Å²) in [6.07, 6.45) is 1.19. The first-order valence-corrected chi connectivity index (χ1v) is 8.53. The van der Waals surface area contributed by atoms with E-state index in [1.807, 2.05) is 0 Å². The van der Waals surface area contributed by atoms with Crippen LogP contribution in [-0.2, 0) is 0 Å². The van der Waals surface area contributed by atoms with Crippen molar-refractivity contribution in [2.24, 2.45) is 0 Å². The lowest BCUT2D eigenvalue weighted by atomic mass is 9.84. The second kappa shape index (κ2) is 6.25. The summed E-state index contributed by atoms with van der Waals surface area (Å²) in [5, 5.41) is 59.1. The summed E-state index contributed by atoms with van der Waals surface area (Å²) >= 11 is 0. The Balaban J connectivity index is 2.11. The highest BCUT2D eigenvalue weighted by Gasteiger charge is 2.31. The maximum Gasteiger partial charge on any atom is 0.195 e. The number of aliphatic hydroxyl groups is 1. The number of phenolic OH excluding ortho intramolecular Hbond substituents is 4. The molecule has 0 aromatic heterocycles. The van der Waals surface area contributed by atoms with Gasteiger partial charge in [-0.3, -0.25) is 4.79 Å². The number of carbonyl (C=O) groups excluding carboxylic acids is 1. The minimum Gasteiger partial charge on any atom is -0.508 e. The molecule has 0 radical (unpaired) electrons. The Hall–Kier alpha value is -4.04. The maximum absolute atomic E-state index is 12.6. The Kier molecular flexibility index (Phi) is 3.95. The van der Waals surface area contributed by atoms with E-state index in [1.54, 1.807) is 0 Å². The molecule has 8 nitrogen and oxygen atoms in total. The number of aromatic hydroxyl groups is 4. The molecule has 0 heterocycles. The lowest BCUT2D eigenvalue weighted by Crippen LogP contribution is -2.19. The van der Waals surface area contributed by atoms with Crippen molar-refractivity contribution in [3.8, 4) is 34.1 Å². The third-order valence-electron chi connectivity index (χ3n) is 5.01. The number of nitrogens with one attached hydrogen (secondary N) is 1. The van der Waals surface area contributed by atoms with Gasteiger partial charge in [-0.05, 0) is 29.8 Å². The smallest absolute Gasteiger partial charge is 0.195 e. The fraction of sp³-hybridized carbons (Fsp3) is 0.0476. The van der Waals surface area contributed by atoms with Gasteiger partial charge in [-0.15, -0.1) is 0 Å². The van der Waals surface area contributed by atoms with Crippen LogP contribution in [0.1, 0.15) is 15.9 Å². The summed E-state index contributed by atoms with van der Waals surface area (Å²) in [5.41, 5.74) is 5.76. The predicted molar refractivity (Wildman–Crippen MR) is 107 cm³/mol. The van der Waals surface area contributed by atoms with Crippen molar-refractivity contribution in [3.05, 3.63) is 53.1 Å². The zero-order valence-electron chi connectivity index (χ0n) is 14.9. The van der Waals surface area contributed by atoms with Crippen LogP contribution < -0.4 is 5.73 Å². The summed E-state index contributed by atoms with van der Waals surface area (Å²) in [6.45, 7) is -0.607. The molecule has 8 N–H and O–H groups in total. The van der Waals surface area contributed by atoms with E-state index in [-0.39, 0.29) is 50.2 Å². The number of allylic oxidation sites excluding steroid dienone is 1. The Bertz CT molecular complexity index is 1260. The van der Waals surface area contributed by atoms with Crippen molar-refractivity contribution in [2.75, 3.05) is 12.3 Å². The molecule has 0 saturated carbocycles. The number of carbonyl (C=O) groups is 1. The normalized spacial score (nSPS) is 13.5. The van der Waals surface area contributed by atoms with Crippen LogP contribution in [0.25, 0.3) is 21.9 Å². The molecule has 0 saturated heterocycles. The summed E-state index contributed by atoms with van der Waals surface area (Å²) in [4.78, 5) is 12.6. The van der Waals surface area contributed by atoms with Crippen molar-refractivity contribution in [2.45, 2.75) is 0 Å². The van der Waals surface area contributed by atoms with Crippen LogP contribution in [0.3, 0.4) is 0 Å². The number of benzene rings is 3. The highest BCUT2D eigenvalue weighted by molar-refractivity contribution is 6.29. The number of Topliss-reactive ketones (excluding diaryl/α,β-unsaturated/α-hetero) is 1. The van der Waals surface area contributed by atoms with E-state index in [0.717, 1.165) is 0 Å². The van der Waals surface area contributed by atoms with Gasteiger partial charge < -0.3 is 36.7 Å². The fourth-order valence-electron chi connectivity index (χ4n) is 3.57. The zero-order valence-corrected chi connectivity index (χ0v) is 14.9. The first-order chi connectivity index (χ1) is 13.8. The molecule has 29 heavy (non-hydrogen) atoms. The summed E-state index contributed by atoms with van der Waals surface area (Å²) in [7, 11) is 0. The van der Waals surface area contributed by atoms with Gasteiger partial charge in [0.25, 0.3) is 0 Å². The van der Waals surface area contributed by atoms with Gasteiger partial charge >= 0.3 is 0 Å². The van der Waals surface area contributed by atoms with Gasteiger partial charge in [-0.1, -0.05) is 12.1 Å². The monoisotopic (exact) mass is 392 g/mol. The van der Waals surface area contributed by atoms with Crippen LogP contribution in [0.15, 0.2) is 42.0 Å². The molecule has 0 fully saturated rings. The molecule has 0 atom stereocenters. The summed E-state index contributed by atoms with van der Waals surface area (Å²) in [5.74, 6) is -2.18. The number of ketones is 1. The van der Waals surface area contributed by atoms with E-state index in [9.17, 15) is 30.3 Å². The van der Waals surface area contributed by atoms with Crippen molar-refractivity contribution >= 4 is 28.0 Å². The Morgan fingerprint density at radius 1 is 0.931 bits per heavy atom. The molecule has 1 aliphatic rings. The van der Waals surface area contributed by atoms with Crippen LogP contribution in [-0.4, -0.2) is 43.6 Å². The number of nitrogen functional groups attached to an aromatic ring is 1. The standard InChI is InChI=1S/C21H16N2O6/c22-13-5-9(7-24)18(26)16-11(13)6-12-15(20(16)28)17(23)21(29)14(19(12)27)8-1-3-10(25)4-2-8/h1-6,22,24-25,27-29H,7,23H2. The average molecular weight is 392 g/mol. The number of hydrogen-bond acceptors (Lipinski definition) is 8. The van der Waals surface area contributed by atoms with Gasteiger partial charge in [0.2, 0.25) is 0 Å². The number of anilines is 1. The number of fused-ring (bicyclic) bond motifs is 2. The molecule has 0 spiro atoms. The van der Waals surface area contributed by atoms with Gasteiger partial charge in [0, 0.05) is 16.5 Å². The molecule has 3 aromatic rings. The Morgan fingerprint density at radius 2 is 1.59 bits per heavy atom. The van der Waals surface area contributed by atoms with Gasteiger partial charge in [0.05, 0.1) is 34.5 Å². The van der Waals surface area contributed by atoms with Crippen LogP contribution in [0.5, 0.6) is 23.0 Å². The van der Waals surface area contributed by atoms with Crippen molar-refractivity contribution < 1.29 is 30.3 Å². The van der Waals surface area contributed by atoms with E-state index in [1.165, 1.54) is 36.4 Å². The molecule has 4 rings (SSSR count). The largest absolute Gasteiger partial charge is 0.508 e. The van der Waals surface area contributed by atoms with E-state index >= 15 is 0 Å². The zero-order chi connectivity index (χ0) is 21.0. The number of nitrogens with two attached hydrogens (primary N) is 1. The van der Waals surface area contributed by atoms with Gasteiger partial charge in [-0.2, -0.15) is 0 Å². The third-order valence-corrected chi connectivity index (χ3v) is 5.01. The van der Waals surface area contributed by atoms with Crippen molar-refractivity contribution in [3.63, 3.8) is 0 Å². The molecule has 146 valence electrons. The van der Waals surface area contributed by atoms with Crippen molar-refractivity contribution in [1.82, 2.24) is 0 Å².